The predicted octanol–water partition coefficient (Wildman–Crippen LogP) is -17.4. The molecule has 30 saturated heterocycles. The van der Waals surface area contributed by atoms with Gasteiger partial charge in [-0.05, 0) is 0 Å². The van der Waals surface area contributed by atoms with Gasteiger partial charge in [-0.1, -0.05) is 0 Å². The van der Waals surface area contributed by atoms with Crippen LogP contribution >= 0.6 is 0 Å². The summed E-state index contributed by atoms with van der Waals surface area (Å²) in [5.74, 6) is 0. The van der Waals surface area contributed by atoms with E-state index in [1.165, 1.54) is 0 Å². The molecule has 24 N–H and O–H groups in total. The number of aliphatic hydroxyl groups is 24. The average molecular weight is 1300 g/mol. The molecule has 0 unspecified atom stereocenters. The monoisotopic (exact) mass is 1300 g/mol. The minimum Gasteiger partial charge on any atom is -0.394 e. The molecule has 30 rings (SSSR count). The van der Waals surface area contributed by atoms with Crippen LogP contribution in [0.1, 0.15) is 0 Å². The van der Waals surface area contributed by atoms with Gasteiger partial charge in [-0.2, -0.15) is 0 Å². The Hall–Kier alpha value is -1.60. The predicted molar refractivity (Wildman–Crippen MR) is 261 cm³/mol. The van der Waals surface area contributed by atoms with E-state index in [-0.39, 0.29) is 0 Å². The fraction of sp³-hybridized carbons (Fsp3) is 1.00. The lowest BCUT2D eigenvalue weighted by molar-refractivity contribution is -0.404. The molecule has 0 aromatic rings. The molecule has 40 atom stereocenters. The van der Waals surface area contributed by atoms with Crippen LogP contribution in [-0.2, 0) is 75.8 Å². The van der Waals surface area contributed by atoms with Gasteiger partial charge in [0.1, 0.15) is 195 Å². The summed E-state index contributed by atoms with van der Waals surface area (Å²) in [6, 6.07) is 0. The molecule has 0 aromatic heterocycles. The van der Waals surface area contributed by atoms with Gasteiger partial charge >= 0.3 is 0 Å². The molecule has 30 heterocycles. The first-order valence-electron chi connectivity index (χ1n) is 28.1. The van der Waals surface area contributed by atoms with Crippen molar-refractivity contribution in [2.45, 2.75) is 246 Å². The van der Waals surface area contributed by atoms with Gasteiger partial charge in [0.15, 0.2) is 50.3 Å². The summed E-state index contributed by atoms with van der Waals surface area (Å²) in [6.07, 6.45) is -82.0. The minimum atomic E-state index is -2.25. The first-order chi connectivity index (χ1) is 41.9. The molecule has 0 saturated carbocycles. The van der Waals surface area contributed by atoms with Crippen LogP contribution in [0.2, 0.25) is 0 Å². The average Bonchev–Trinajstić information content (AvgIpc) is 1.09. The zero-order valence-electron chi connectivity index (χ0n) is 46.0. The van der Waals surface area contributed by atoms with Crippen molar-refractivity contribution in [3.05, 3.63) is 0 Å². The van der Waals surface area contributed by atoms with Crippen LogP contribution in [0.25, 0.3) is 0 Å². The van der Waals surface area contributed by atoms with Gasteiger partial charge in [-0.3, -0.25) is 0 Å². The summed E-state index contributed by atoms with van der Waals surface area (Å²) in [6.45, 7) is -8.64. The van der Waals surface area contributed by atoms with Crippen LogP contribution in [-0.4, -0.2) is 421 Å². The number of aliphatic hydroxyl groups excluding tert-OH is 24. The Morgan fingerprint density at radius 2 is 0.227 bits per heavy atom. The SMILES string of the molecule is OC[C@@H]1O[C@@H]2O[C@H]3[C@@H](O)[C@H](O)[C@@H](O[C@H]4[C@@H](O)[C@H](O)[C@@H](O[C@H]5[C@H](O)[C@@H](O)[C@@H](O[C@H]6[C@@H](O)[C@@H](O)[C@@H](O[C@H]7[C@H](O)[C@@H](O)[C@@H](O[C@H]8[C@H](O)[C@@H](O)[C@@H](O[C@H]9[C@@H](O)[C@H](O)[C@@H](O[C@H]1[C@H](O)[C@H]2O)O[C@H]9CO)O[C@H]8CO)O[C@@H]7CO)O[C@@H]6CO)O[C@@H]5CO)O[C@@H]4CO)O[C@@H]3CO. The van der Waals surface area contributed by atoms with Crippen LogP contribution in [0.4, 0.5) is 0 Å². The van der Waals surface area contributed by atoms with Gasteiger partial charge in [0.2, 0.25) is 0 Å². The Morgan fingerprint density at radius 3 is 0.307 bits per heavy atom. The van der Waals surface area contributed by atoms with E-state index in [2.05, 4.69) is 0 Å². The third kappa shape index (κ3) is 13.8. The van der Waals surface area contributed by atoms with Gasteiger partial charge in [-0.25, -0.2) is 0 Å². The van der Waals surface area contributed by atoms with Crippen LogP contribution in [0, 0.1) is 0 Å². The second-order valence-electron chi connectivity index (χ2n) is 22.5. The molecule has 88 heavy (non-hydrogen) atoms. The van der Waals surface area contributed by atoms with Crippen molar-refractivity contribution < 1.29 is 198 Å². The maximum atomic E-state index is 11.4. The van der Waals surface area contributed by atoms with Crippen LogP contribution < -0.4 is 0 Å². The quantitative estimate of drug-likeness (QED) is 0.107. The molecule has 30 aliphatic heterocycles. The Kier molecular flexibility index (Phi) is 24.1. The number of ether oxygens (including phenoxy) is 16. The van der Waals surface area contributed by atoms with Crippen molar-refractivity contribution in [3.63, 3.8) is 0 Å². The highest BCUT2D eigenvalue weighted by atomic mass is 16.8. The minimum absolute atomic E-state index is 1.08. The van der Waals surface area contributed by atoms with Gasteiger partial charge in [-0.15, -0.1) is 0 Å². The summed E-state index contributed by atoms with van der Waals surface area (Å²) >= 11 is 0. The lowest BCUT2D eigenvalue weighted by Crippen LogP contribution is -2.69. The molecule has 16 bridgehead atoms. The van der Waals surface area contributed by atoms with Gasteiger partial charge < -0.3 is 198 Å². The van der Waals surface area contributed by atoms with Crippen LogP contribution in [0.5, 0.6) is 0 Å². The normalized spacial score (nSPS) is 55.4. The number of hydrogen-bond acceptors (Lipinski definition) is 40. The second-order valence-corrected chi connectivity index (χ2v) is 22.5. The zero-order chi connectivity index (χ0) is 64.1. The van der Waals surface area contributed by atoms with Crippen LogP contribution in [0.15, 0.2) is 0 Å². The first-order valence-corrected chi connectivity index (χ1v) is 28.1. The fourth-order valence-electron chi connectivity index (χ4n) is 11.9. The lowest BCUT2D eigenvalue weighted by Gasteiger charge is -2.50. The van der Waals surface area contributed by atoms with Crippen molar-refractivity contribution in [1.82, 2.24) is 0 Å². The van der Waals surface area contributed by atoms with Gasteiger partial charge in [0.25, 0.3) is 0 Å². The first kappa shape index (κ1) is 70.7. The highest BCUT2D eigenvalue weighted by Gasteiger charge is 2.60. The summed E-state index contributed by atoms with van der Waals surface area (Å²) in [7, 11) is 0. The highest BCUT2D eigenvalue weighted by Crippen LogP contribution is 2.40. The van der Waals surface area contributed by atoms with E-state index in [1.54, 1.807) is 0 Å². The lowest BCUT2D eigenvalue weighted by atomic mass is 9.94. The van der Waals surface area contributed by atoms with E-state index in [4.69, 9.17) is 75.8 Å². The third-order valence-corrected chi connectivity index (χ3v) is 16.9. The summed E-state index contributed by atoms with van der Waals surface area (Å²) in [5, 5.41) is 265. The summed E-state index contributed by atoms with van der Waals surface area (Å²) in [5.41, 5.74) is 0. The molecule has 40 heteroatoms. The number of hydrogen-bond donors (Lipinski definition) is 24. The fourth-order valence-corrected chi connectivity index (χ4v) is 11.9. The van der Waals surface area contributed by atoms with Gasteiger partial charge in [0, 0.05) is 0 Å². The molecule has 0 aromatic carbocycles. The largest absolute Gasteiger partial charge is 0.394 e. The van der Waals surface area contributed by atoms with Crippen molar-refractivity contribution in [3.8, 4) is 0 Å². The molecule has 0 spiro atoms. The Morgan fingerprint density at radius 1 is 0.136 bits per heavy atom. The van der Waals surface area contributed by atoms with E-state index in [9.17, 15) is 123 Å². The van der Waals surface area contributed by atoms with E-state index < -0.39 is 299 Å². The summed E-state index contributed by atoms with van der Waals surface area (Å²) < 4.78 is 91.1. The van der Waals surface area contributed by atoms with Gasteiger partial charge in [0.05, 0.1) is 52.9 Å². The second kappa shape index (κ2) is 30.0. The molecule has 40 nitrogen and oxygen atoms in total. The van der Waals surface area contributed by atoms with Crippen molar-refractivity contribution in [1.29, 1.82) is 0 Å². The smallest absolute Gasteiger partial charge is 0.187 e. The molecule has 0 amide bonds. The van der Waals surface area contributed by atoms with E-state index >= 15 is 0 Å². The van der Waals surface area contributed by atoms with Crippen molar-refractivity contribution in [2.75, 3.05) is 52.9 Å². The number of rotatable bonds is 8. The van der Waals surface area contributed by atoms with Crippen molar-refractivity contribution >= 4 is 0 Å². The molecule has 512 valence electrons. The third-order valence-electron chi connectivity index (χ3n) is 16.9. The topological polar surface area (TPSA) is 633 Å². The van der Waals surface area contributed by atoms with E-state index in [1.807, 2.05) is 0 Å². The molecule has 30 fully saturated rings. The molecule has 0 radical (unpaired) electrons. The zero-order valence-corrected chi connectivity index (χ0v) is 46.0. The molecule has 0 aliphatic carbocycles. The molecular formula is C48H80O40. The maximum Gasteiger partial charge on any atom is 0.187 e. The Balaban J connectivity index is 0.975. The summed E-state index contributed by atoms with van der Waals surface area (Å²) in [4.78, 5) is 0. The Bertz CT molecular complexity index is 1700. The molecule has 30 aliphatic rings. The maximum absolute atomic E-state index is 11.4. The highest BCUT2D eigenvalue weighted by molar-refractivity contribution is 5.02. The molecular weight excluding hydrogens is 1220 g/mol. The van der Waals surface area contributed by atoms with E-state index in [0.717, 1.165) is 0 Å². The van der Waals surface area contributed by atoms with E-state index in [0.29, 0.717) is 0 Å². The standard InChI is InChI=1S/C48H80O40/c49-1-9-33-17(57)25(65)41(73-9)82-34-10(2-50)75-43(27(67)19(34)59)84-36-12(4-52)77-45(29(69)21(36)61)86-38-14(6-54)79-47(31(71)23(38)63)88-40-16(8-56)80-48(32(72)24(40)64)87-39-15(7-55)78-46(30(70)22(39)62)85-37-13(5-53)76-44(28(68)20(37)60)83-35-11(3-51)74-42(81-33)26(66)18(35)58/h9-72H,1-8H2/t9-,10-,11-,12-,13-,14+,15+,16+,17-,18+,19+,20+,21-,22-,23-,24+,25-,26+,27-,28+,29-,30-,31-,32+,33-,34-,35-,36-,37-,38-,39-,40-,41-,42-,43-,44-,45-,46-,47-,48-/m1/s1. The Labute approximate surface area is 496 Å². The van der Waals surface area contributed by atoms with Crippen molar-refractivity contribution in [2.24, 2.45) is 0 Å². The van der Waals surface area contributed by atoms with Crippen LogP contribution in [0.3, 0.4) is 0 Å².